The Balaban J connectivity index is 1.54. The van der Waals surface area contributed by atoms with Crippen LogP contribution in [0.2, 0.25) is 0 Å². The number of pyridine rings is 1. The van der Waals surface area contributed by atoms with E-state index in [1.54, 1.807) is 25.0 Å². The molecule has 4 rings (SSSR count). The second-order valence-electron chi connectivity index (χ2n) is 7.00. The fraction of sp³-hybridized carbons (Fsp3) is 0.227. The number of aromatic nitrogens is 5. The molecule has 0 aliphatic carbocycles. The quantitative estimate of drug-likeness (QED) is 0.491. The lowest BCUT2D eigenvalue weighted by atomic mass is 10.0. The Hall–Kier alpha value is -4.01. The zero-order chi connectivity index (χ0) is 21.8. The van der Waals surface area contributed by atoms with Crippen LogP contribution in [0, 0.1) is 0 Å². The van der Waals surface area contributed by atoms with Crippen molar-refractivity contribution in [1.29, 1.82) is 0 Å². The fourth-order valence-corrected chi connectivity index (χ4v) is 3.44. The summed E-state index contributed by atoms with van der Waals surface area (Å²) in [6, 6.07) is 12.5. The number of carbonyl (C=O) groups is 1. The second-order valence-corrected chi connectivity index (χ2v) is 7.00. The first-order chi connectivity index (χ1) is 15.1. The molecule has 1 amide bonds. The van der Waals surface area contributed by atoms with Gasteiger partial charge in [-0.15, -0.1) is 0 Å². The van der Waals surface area contributed by atoms with E-state index in [1.807, 2.05) is 42.5 Å². The topological polar surface area (TPSA) is 104 Å². The lowest BCUT2D eigenvalue weighted by Crippen LogP contribution is -2.32. The maximum Gasteiger partial charge on any atom is 0.264 e. The maximum absolute atomic E-state index is 12.8. The minimum absolute atomic E-state index is 0.103. The van der Waals surface area contributed by atoms with Crippen molar-refractivity contribution in [3.05, 3.63) is 82.8 Å². The Morgan fingerprint density at radius 1 is 1.16 bits per heavy atom. The van der Waals surface area contributed by atoms with E-state index < -0.39 is 6.04 Å². The monoisotopic (exact) mass is 418 g/mol. The predicted molar refractivity (Wildman–Crippen MR) is 115 cm³/mol. The molecule has 1 atom stereocenters. The maximum atomic E-state index is 12.8. The van der Waals surface area contributed by atoms with Gasteiger partial charge in [0, 0.05) is 31.8 Å². The van der Waals surface area contributed by atoms with E-state index in [9.17, 15) is 9.59 Å². The molecular weight excluding hydrogens is 396 g/mol. The lowest BCUT2D eigenvalue weighted by Gasteiger charge is -2.21. The largest absolute Gasteiger partial charge is 0.496 e. The fourth-order valence-electron chi connectivity index (χ4n) is 3.44. The number of para-hydroxylation sites is 1. The third-order valence-electron chi connectivity index (χ3n) is 5.04. The van der Waals surface area contributed by atoms with Gasteiger partial charge in [-0.25, -0.2) is 4.98 Å². The molecule has 1 N–H and O–H groups in total. The smallest absolute Gasteiger partial charge is 0.264 e. The number of rotatable bonds is 7. The third-order valence-corrected chi connectivity index (χ3v) is 5.04. The number of hydrogen-bond acceptors (Lipinski definition) is 6. The molecule has 0 fully saturated rings. The van der Waals surface area contributed by atoms with Crippen LogP contribution in [0.15, 0.2) is 66.0 Å². The Bertz CT molecular complexity index is 1270. The second kappa shape index (κ2) is 8.78. The van der Waals surface area contributed by atoms with E-state index in [0.29, 0.717) is 22.5 Å². The number of methoxy groups -OCH3 is 1. The zero-order valence-electron chi connectivity index (χ0n) is 17.2. The van der Waals surface area contributed by atoms with Gasteiger partial charge in [0.05, 0.1) is 31.4 Å². The first-order valence-electron chi connectivity index (χ1n) is 9.79. The average Bonchev–Trinajstić information content (AvgIpc) is 3.19. The minimum atomic E-state index is -0.486. The summed E-state index contributed by atoms with van der Waals surface area (Å²) in [5.74, 6) is 0.431. The first-order valence-corrected chi connectivity index (χ1v) is 9.79. The molecule has 158 valence electrons. The highest BCUT2D eigenvalue weighted by atomic mass is 16.5. The molecule has 9 nitrogen and oxygen atoms in total. The summed E-state index contributed by atoms with van der Waals surface area (Å²) >= 11 is 0. The summed E-state index contributed by atoms with van der Waals surface area (Å²) in [7, 11) is 3.31. The van der Waals surface area contributed by atoms with Crippen LogP contribution < -0.4 is 15.6 Å². The van der Waals surface area contributed by atoms with E-state index in [4.69, 9.17) is 4.74 Å². The SMILES string of the molecule is COc1ccccc1C(NC(=O)CCn1cnc2c(cnn2C)c1=O)c1ccccn1. The van der Waals surface area contributed by atoms with Crippen LogP contribution in [0.3, 0.4) is 0 Å². The Morgan fingerprint density at radius 2 is 1.97 bits per heavy atom. The number of fused-ring (bicyclic) bond motifs is 1. The Kier molecular flexibility index (Phi) is 5.74. The molecule has 0 aliphatic heterocycles. The number of amides is 1. The van der Waals surface area contributed by atoms with Gasteiger partial charge in [0.1, 0.15) is 11.1 Å². The van der Waals surface area contributed by atoms with Crippen LogP contribution in [-0.2, 0) is 18.4 Å². The van der Waals surface area contributed by atoms with Gasteiger partial charge in [0.25, 0.3) is 5.56 Å². The summed E-state index contributed by atoms with van der Waals surface area (Å²) in [4.78, 5) is 34.1. The summed E-state index contributed by atoms with van der Waals surface area (Å²) in [6.07, 6.45) is 4.71. The summed E-state index contributed by atoms with van der Waals surface area (Å²) < 4.78 is 8.44. The van der Waals surface area contributed by atoms with Crippen LogP contribution in [0.25, 0.3) is 11.0 Å². The highest BCUT2D eigenvalue weighted by molar-refractivity contribution is 5.77. The molecule has 0 saturated heterocycles. The predicted octanol–water partition coefficient (Wildman–Crippen LogP) is 1.83. The van der Waals surface area contributed by atoms with E-state index in [-0.39, 0.29) is 24.4 Å². The molecule has 1 aromatic carbocycles. The van der Waals surface area contributed by atoms with Crippen molar-refractivity contribution in [1.82, 2.24) is 29.6 Å². The van der Waals surface area contributed by atoms with E-state index in [2.05, 4.69) is 20.4 Å². The standard InChI is InChI=1S/C22H22N6O3/c1-27-21-16(13-25-27)22(30)28(14-24-21)12-10-19(29)26-20(17-8-5-6-11-23-17)15-7-3-4-9-18(15)31-2/h3-9,11,13-14,20H,10,12H2,1-2H3,(H,26,29). The van der Waals surface area contributed by atoms with Crippen LogP contribution in [-0.4, -0.2) is 37.3 Å². The van der Waals surface area contributed by atoms with Crippen molar-refractivity contribution in [2.24, 2.45) is 7.05 Å². The molecule has 0 spiro atoms. The van der Waals surface area contributed by atoms with Crippen molar-refractivity contribution in [3.8, 4) is 5.75 Å². The molecule has 0 aliphatic rings. The van der Waals surface area contributed by atoms with Gasteiger partial charge in [0.2, 0.25) is 5.91 Å². The molecule has 0 bridgehead atoms. The molecule has 3 aromatic heterocycles. The Morgan fingerprint density at radius 3 is 2.74 bits per heavy atom. The molecule has 0 saturated carbocycles. The number of aryl methyl sites for hydroxylation is 2. The van der Waals surface area contributed by atoms with Crippen LogP contribution in [0.4, 0.5) is 0 Å². The number of carbonyl (C=O) groups excluding carboxylic acids is 1. The zero-order valence-corrected chi connectivity index (χ0v) is 17.2. The van der Waals surface area contributed by atoms with E-state index in [0.717, 1.165) is 5.56 Å². The number of nitrogens with one attached hydrogen (secondary N) is 1. The van der Waals surface area contributed by atoms with Crippen LogP contribution in [0.5, 0.6) is 5.75 Å². The van der Waals surface area contributed by atoms with Gasteiger partial charge < -0.3 is 10.1 Å². The number of hydrogen-bond donors (Lipinski definition) is 1. The minimum Gasteiger partial charge on any atom is -0.496 e. The first kappa shape index (κ1) is 20.3. The molecule has 1 unspecified atom stereocenters. The highest BCUT2D eigenvalue weighted by Gasteiger charge is 2.21. The average molecular weight is 418 g/mol. The third kappa shape index (κ3) is 4.16. The van der Waals surface area contributed by atoms with E-state index in [1.165, 1.54) is 17.1 Å². The van der Waals surface area contributed by atoms with Crippen molar-refractivity contribution in [2.75, 3.05) is 7.11 Å². The molecule has 3 heterocycles. The molecule has 9 heteroatoms. The number of benzene rings is 1. The summed E-state index contributed by atoms with van der Waals surface area (Å²) in [5, 5.41) is 7.50. The molecule has 4 aromatic rings. The Labute approximate surface area is 178 Å². The van der Waals surface area contributed by atoms with Crippen LogP contribution >= 0.6 is 0 Å². The number of ether oxygens (including phenoxy) is 1. The lowest BCUT2D eigenvalue weighted by molar-refractivity contribution is -0.121. The van der Waals surface area contributed by atoms with Gasteiger partial charge in [-0.3, -0.25) is 23.8 Å². The molecule has 31 heavy (non-hydrogen) atoms. The molecule has 0 radical (unpaired) electrons. The highest BCUT2D eigenvalue weighted by Crippen LogP contribution is 2.28. The normalized spacial score (nSPS) is 11.9. The van der Waals surface area contributed by atoms with Gasteiger partial charge in [-0.2, -0.15) is 5.10 Å². The van der Waals surface area contributed by atoms with Gasteiger partial charge >= 0.3 is 0 Å². The van der Waals surface area contributed by atoms with Crippen LogP contribution in [0.1, 0.15) is 23.7 Å². The molecular formula is C22H22N6O3. The van der Waals surface area contributed by atoms with Crippen molar-refractivity contribution < 1.29 is 9.53 Å². The van der Waals surface area contributed by atoms with Gasteiger partial charge in [-0.05, 0) is 18.2 Å². The summed E-state index contributed by atoms with van der Waals surface area (Å²) in [5.41, 5.74) is 1.78. The van der Waals surface area contributed by atoms with Crippen molar-refractivity contribution in [3.63, 3.8) is 0 Å². The van der Waals surface area contributed by atoms with Gasteiger partial charge in [-0.1, -0.05) is 24.3 Å². The van der Waals surface area contributed by atoms with E-state index >= 15 is 0 Å². The van der Waals surface area contributed by atoms with Crippen molar-refractivity contribution in [2.45, 2.75) is 19.0 Å². The summed E-state index contributed by atoms with van der Waals surface area (Å²) in [6.45, 7) is 0.198. The van der Waals surface area contributed by atoms with Crippen molar-refractivity contribution >= 4 is 16.9 Å². The van der Waals surface area contributed by atoms with Gasteiger partial charge in [0.15, 0.2) is 5.65 Å². The number of nitrogens with zero attached hydrogens (tertiary/aromatic N) is 5.